The molecule has 1 aliphatic carbocycles. The number of rotatable bonds is 4. The van der Waals surface area contributed by atoms with Crippen LogP contribution in [0.15, 0.2) is 38.9 Å². The smallest absolute Gasteiger partial charge is 0.236 e. The van der Waals surface area contributed by atoms with Crippen LogP contribution >= 0.6 is 27.3 Å². The maximum absolute atomic E-state index is 5.55. The molecule has 0 N–H and O–H groups in total. The molecule has 0 aromatic carbocycles. The van der Waals surface area contributed by atoms with E-state index in [1.54, 1.807) is 17.6 Å². The molecule has 3 aromatic rings. The molecule has 102 valence electrons. The molecule has 1 saturated carbocycles. The van der Waals surface area contributed by atoms with E-state index in [9.17, 15) is 0 Å². The summed E-state index contributed by atoms with van der Waals surface area (Å²) in [6.07, 6.45) is 6.10. The van der Waals surface area contributed by atoms with Gasteiger partial charge in [0.05, 0.1) is 27.8 Å². The van der Waals surface area contributed by atoms with Gasteiger partial charge in [0.2, 0.25) is 5.89 Å². The number of hydrogen-bond donors (Lipinski definition) is 0. The van der Waals surface area contributed by atoms with Crippen LogP contribution in [-0.2, 0) is 6.54 Å². The summed E-state index contributed by atoms with van der Waals surface area (Å²) in [4.78, 5) is 5.60. The highest BCUT2D eigenvalue weighted by atomic mass is 79.9. The number of hydrogen-bond acceptors (Lipinski definition) is 4. The van der Waals surface area contributed by atoms with Crippen LogP contribution in [-0.4, -0.2) is 14.8 Å². The van der Waals surface area contributed by atoms with Crippen LogP contribution in [0.5, 0.6) is 0 Å². The summed E-state index contributed by atoms with van der Waals surface area (Å²) in [7, 11) is 0. The summed E-state index contributed by atoms with van der Waals surface area (Å²) in [5.74, 6) is 1.34. The molecule has 0 bridgehead atoms. The molecule has 0 saturated heterocycles. The van der Waals surface area contributed by atoms with Crippen molar-refractivity contribution in [3.05, 3.63) is 45.8 Å². The van der Waals surface area contributed by atoms with Gasteiger partial charge in [0, 0.05) is 5.92 Å². The number of aromatic nitrogens is 3. The van der Waals surface area contributed by atoms with Crippen LogP contribution in [0.2, 0.25) is 0 Å². The third-order valence-corrected chi connectivity index (χ3v) is 4.86. The van der Waals surface area contributed by atoms with Crippen molar-refractivity contribution < 1.29 is 4.42 Å². The molecule has 3 aromatic heterocycles. The molecule has 6 heteroatoms. The van der Waals surface area contributed by atoms with Crippen molar-refractivity contribution >= 4 is 27.3 Å². The van der Waals surface area contributed by atoms with Crippen LogP contribution in [0.4, 0.5) is 0 Å². The largest absolute Gasteiger partial charge is 0.443 e. The van der Waals surface area contributed by atoms with Gasteiger partial charge in [-0.05, 0) is 40.2 Å². The van der Waals surface area contributed by atoms with Crippen molar-refractivity contribution in [2.45, 2.75) is 25.3 Å². The molecule has 0 unspecified atom stereocenters. The van der Waals surface area contributed by atoms with E-state index in [1.807, 2.05) is 28.4 Å². The van der Waals surface area contributed by atoms with Crippen LogP contribution in [0.3, 0.4) is 0 Å². The Kier molecular flexibility index (Phi) is 3.00. The van der Waals surface area contributed by atoms with Gasteiger partial charge in [-0.25, -0.2) is 4.98 Å². The Balaban J connectivity index is 1.60. The maximum atomic E-state index is 5.55. The van der Waals surface area contributed by atoms with E-state index in [1.165, 1.54) is 18.5 Å². The molecular weight excluding hydrogens is 338 g/mol. The Labute approximate surface area is 128 Å². The Hall–Kier alpha value is -1.40. The van der Waals surface area contributed by atoms with Gasteiger partial charge >= 0.3 is 0 Å². The van der Waals surface area contributed by atoms with E-state index in [0.29, 0.717) is 18.4 Å². The molecule has 0 amide bonds. The predicted octanol–water partition coefficient (Wildman–Crippen LogP) is 4.29. The van der Waals surface area contributed by atoms with Gasteiger partial charge in [0.1, 0.15) is 12.0 Å². The van der Waals surface area contributed by atoms with Gasteiger partial charge in [0.25, 0.3) is 0 Å². The highest BCUT2D eigenvalue weighted by Crippen LogP contribution is 2.43. The van der Waals surface area contributed by atoms with Gasteiger partial charge in [0.15, 0.2) is 0 Å². The lowest BCUT2D eigenvalue weighted by Gasteiger charge is -2.04. The fourth-order valence-electron chi connectivity index (χ4n) is 2.31. The van der Waals surface area contributed by atoms with E-state index in [0.717, 1.165) is 15.0 Å². The summed E-state index contributed by atoms with van der Waals surface area (Å²) in [5.41, 5.74) is 2.19. The van der Waals surface area contributed by atoms with Crippen molar-refractivity contribution in [2.75, 3.05) is 0 Å². The molecule has 0 radical (unpaired) electrons. The van der Waals surface area contributed by atoms with Crippen LogP contribution < -0.4 is 0 Å². The molecule has 1 aliphatic rings. The first-order valence-corrected chi connectivity index (χ1v) is 8.18. The highest BCUT2D eigenvalue weighted by Gasteiger charge is 2.29. The minimum Gasteiger partial charge on any atom is -0.443 e. The lowest BCUT2D eigenvalue weighted by molar-refractivity contribution is 0.569. The average Bonchev–Trinajstić information content (AvgIpc) is 2.88. The van der Waals surface area contributed by atoms with E-state index in [-0.39, 0.29) is 0 Å². The second-order valence-electron chi connectivity index (χ2n) is 4.93. The van der Waals surface area contributed by atoms with E-state index in [2.05, 4.69) is 26.0 Å². The third-order valence-electron chi connectivity index (χ3n) is 3.39. The molecular formula is C14H12BrN3OS. The van der Waals surface area contributed by atoms with E-state index in [4.69, 9.17) is 4.42 Å². The molecule has 0 spiro atoms. The summed E-state index contributed by atoms with van der Waals surface area (Å²) in [6.45, 7) is 0.659. The Morgan fingerprint density at radius 3 is 3.10 bits per heavy atom. The zero-order valence-electron chi connectivity index (χ0n) is 10.6. The lowest BCUT2D eigenvalue weighted by Crippen LogP contribution is -2.06. The second-order valence-corrected chi connectivity index (χ2v) is 6.73. The lowest BCUT2D eigenvalue weighted by atomic mass is 10.3. The molecule has 3 heterocycles. The zero-order chi connectivity index (χ0) is 13.5. The number of halogens is 1. The Morgan fingerprint density at radius 1 is 1.45 bits per heavy atom. The molecule has 20 heavy (non-hydrogen) atoms. The first-order valence-electron chi connectivity index (χ1n) is 6.51. The first kappa shape index (κ1) is 12.3. The van der Waals surface area contributed by atoms with Gasteiger partial charge in [-0.3, -0.25) is 4.68 Å². The summed E-state index contributed by atoms with van der Waals surface area (Å²) in [6, 6.07) is 4.01. The number of oxazole rings is 1. The van der Waals surface area contributed by atoms with Crippen molar-refractivity contribution in [1.82, 2.24) is 14.8 Å². The third kappa shape index (κ3) is 2.23. The average molecular weight is 350 g/mol. The van der Waals surface area contributed by atoms with E-state index >= 15 is 0 Å². The number of thiophene rings is 1. The topological polar surface area (TPSA) is 43.9 Å². The van der Waals surface area contributed by atoms with Crippen LogP contribution in [0.25, 0.3) is 10.8 Å². The van der Waals surface area contributed by atoms with Gasteiger partial charge < -0.3 is 4.42 Å². The molecule has 4 nitrogen and oxygen atoms in total. The SMILES string of the molecule is Brc1cnn(Cc2coc(-c3cccs3)n2)c1C1CC1. The number of nitrogens with zero attached hydrogens (tertiary/aromatic N) is 3. The molecule has 0 aliphatic heterocycles. The standard InChI is InChI=1S/C14H12BrN3OS/c15-11-6-16-18(13(11)9-3-4-9)7-10-8-19-14(17-10)12-2-1-5-20-12/h1-2,5-6,8-9H,3-4,7H2. The van der Waals surface area contributed by atoms with Crippen molar-refractivity contribution in [3.8, 4) is 10.8 Å². The van der Waals surface area contributed by atoms with Gasteiger partial charge in [-0.15, -0.1) is 11.3 Å². The van der Waals surface area contributed by atoms with Crippen molar-refractivity contribution in [2.24, 2.45) is 0 Å². The Bertz CT molecular complexity index is 728. The maximum Gasteiger partial charge on any atom is 0.236 e. The van der Waals surface area contributed by atoms with Gasteiger partial charge in [-0.1, -0.05) is 6.07 Å². The molecule has 1 fully saturated rings. The monoisotopic (exact) mass is 349 g/mol. The zero-order valence-corrected chi connectivity index (χ0v) is 13.0. The Morgan fingerprint density at radius 2 is 2.35 bits per heavy atom. The molecule has 4 rings (SSSR count). The predicted molar refractivity (Wildman–Crippen MR) is 80.8 cm³/mol. The van der Waals surface area contributed by atoms with Gasteiger partial charge in [-0.2, -0.15) is 5.10 Å². The van der Waals surface area contributed by atoms with Crippen LogP contribution in [0.1, 0.15) is 30.1 Å². The fraction of sp³-hybridized carbons (Fsp3) is 0.286. The van der Waals surface area contributed by atoms with Crippen molar-refractivity contribution in [1.29, 1.82) is 0 Å². The van der Waals surface area contributed by atoms with Crippen molar-refractivity contribution in [3.63, 3.8) is 0 Å². The minimum atomic E-state index is 0.649. The first-order chi connectivity index (χ1) is 9.81. The second kappa shape index (κ2) is 4.86. The van der Waals surface area contributed by atoms with Crippen LogP contribution in [0, 0.1) is 0 Å². The quantitative estimate of drug-likeness (QED) is 0.705. The highest BCUT2D eigenvalue weighted by molar-refractivity contribution is 9.10. The molecule has 0 atom stereocenters. The minimum absolute atomic E-state index is 0.649. The normalized spacial score (nSPS) is 14.8. The summed E-state index contributed by atoms with van der Waals surface area (Å²) >= 11 is 5.21. The van der Waals surface area contributed by atoms with E-state index < -0.39 is 0 Å². The fourth-order valence-corrected chi connectivity index (χ4v) is 3.58. The summed E-state index contributed by atoms with van der Waals surface area (Å²) in [5, 5.41) is 6.46. The summed E-state index contributed by atoms with van der Waals surface area (Å²) < 4.78 is 8.68.